The zero-order valence-corrected chi connectivity index (χ0v) is 10.2. The molecule has 0 bridgehead atoms. The van der Waals surface area contributed by atoms with Crippen molar-refractivity contribution in [3.63, 3.8) is 0 Å². The van der Waals surface area contributed by atoms with Crippen molar-refractivity contribution >= 4 is 11.9 Å². The molecule has 1 saturated heterocycles. The number of carbonyl (C=O) groups excluding carboxylic acids is 1. The van der Waals surface area contributed by atoms with E-state index in [1.165, 1.54) is 0 Å². The molecule has 1 amide bonds. The Morgan fingerprint density at radius 2 is 1.69 bits per heavy atom. The molecule has 1 fully saturated rings. The summed E-state index contributed by atoms with van der Waals surface area (Å²) in [6, 6.07) is 0. The van der Waals surface area contributed by atoms with Gasteiger partial charge in [-0.15, -0.1) is 0 Å². The molecule has 0 saturated carbocycles. The first-order chi connectivity index (χ1) is 7.55. The lowest BCUT2D eigenvalue weighted by atomic mass is 9.79. The van der Waals surface area contributed by atoms with Crippen LogP contribution in [0.5, 0.6) is 0 Å². The van der Waals surface area contributed by atoms with Gasteiger partial charge in [-0.05, 0) is 25.7 Å². The third kappa shape index (κ3) is 2.54. The first-order valence-corrected chi connectivity index (χ1v) is 6.07. The molecule has 0 aromatic carbocycles. The Labute approximate surface area is 96.6 Å². The van der Waals surface area contributed by atoms with Crippen molar-refractivity contribution in [3.05, 3.63) is 0 Å². The molecule has 4 heteroatoms. The van der Waals surface area contributed by atoms with Gasteiger partial charge in [-0.1, -0.05) is 13.8 Å². The van der Waals surface area contributed by atoms with E-state index in [-0.39, 0.29) is 12.3 Å². The van der Waals surface area contributed by atoms with E-state index in [1.807, 2.05) is 13.8 Å². The number of carboxylic acid groups (broad SMARTS) is 1. The molecule has 0 unspecified atom stereocenters. The second-order valence-electron chi connectivity index (χ2n) is 4.56. The Balaban J connectivity index is 2.67. The van der Waals surface area contributed by atoms with Crippen molar-refractivity contribution in [1.82, 2.24) is 4.90 Å². The van der Waals surface area contributed by atoms with Gasteiger partial charge in [-0.2, -0.15) is 0 Å². The van der Waals surface area contributed by atoms with Gasteiger partial charge in [-0.25, -0.2) is 0 Å². The minimum atomic E-state index is -0.861. The molecule has 4 nitrogen and oxygen atoms in total. The van der Waals surface area contributed by atoms with Crippen LogP contribution in [0.4, 0.5) is 0 Å². The summed E-state index contributed by atoms with van der Waals surface area (Å²) in [6.45, 7) is 5.27. The Morgan fingerprint density at radius 3 is 2.06 bits per heavy atom. The molecule has 1 aliphatic heterocycles. The van der Waals surface area contributed by atoms with Crippen molar-refractivity contribution in [2.24, 2.45) is 5.41 Å². The highest BCUT2D eigenvalue weighted by molar-refractivity contribution is 5.85. The molecule has 0 aromatic heterocycles. The van der Waals surface area contributed by atoms with Gasteiger partial charge in [0.1, 0.15) is 0 Å². The van der Waals surface area contributed by atoms with Crippen molar-refractivity contribution in [3.8, 4) is 0 Å². The molecular formula is C12H21NO3. The zero-order valence-electron chi connectivity index (χ0n) is 10.2. The van der Waals surface area contributed by atoms with Crippen LogP contribution >= 0.6 is 0 Å². The van der Waals surface area contributed by atoms with Gasteiger partial charge in [0.2, 0.25) is 5.91 Å². The number of carboxylic acids is 1. The number of amides is 1. The zero-order chi connectivity index (χ0) is 12.2. The maximum Gasteiger partial charge on any atom is 0.310 e. The summed E-state index contributed by atoms with van der Waals surface area (Å²) in [5, 5.41) is 9.24. The summed E-state index contributed by atoms with van der Waals surface area (Å²) >= 11 is 0. The quantitative estimate of drug-likeness (QED) is 0.780. The largest absolute Gasteiger partial charge is 0.481 e. The van der Waals surface area contributed by atoms with Gasteiger partial charge in [-0.3, -0.25) is 9.59 Å². The molecule has 0 aromatic rings. The minimum absolute atomic E-state index is 0.00333. The van der Waals surface area contributed by atoms with Crippen LogP contribution in [-0.4, -0.2) is 35.0 Å². The lowest BCUT2D eigenvalue weighted by Crippen LogP contribution is -2.38. The second-order valence-corrected chi connectivity index (χ2v) is 4.56. The maximum absolute atomic E-state index is 11.9. The molecule has 1 N–H and O–H groups in total. The van der Waals surface area contributed by atoms with Crippen LogP contribution in [0.1, 0.15) is 46.0 Å². The highest BCUT2D eigenvalue weighted by atomic mass is 16.4. The smallest absolute Gasteiger partial charge is 0.310 e. The molecule has 0 atom stereocenters. The Bertz CT molecular complexity index is 265. The van der Waals surface area contributed by atoms with Gasteiger partial charge < -0.3 is 10.0 Å². The van der Waals surface area contributed by atoms with Gasteiger partial charge in [0.15, 0.2) is 0 Å². The van der Waals surface area contributed by atoms with Gasteiger partial charge >= 0.3 is 5.97 Å². The summed E-state index contributed by atoms with van der Waals surface area (Å²) in [6.07, 6.45) is 3.26. The monoisotopic (exact) mass is 227 g/mol. The Hall–Kier alpha value is -1.06. The summed E-state index contributed by atoms with van der Waals surface area (Å²) in [4.78, 5) is 25.0. The van der Waals surface area contributed by atoms with Crippen molar-refractivity contribution in [2.45, 2.75) is 46.0 Å². The Morgan fingerprint density at radius 1 is 1.19 bits per heavy atom. The van der Waals surface area contributed by atoms with E-state index in [4.69, 9.17) is 0 Å². The average Bonchev–Trinajstić information content (AvgIpc) is 2.78. The standard InChI is InChI=1S/C12H21NO3/c1-3-12(4-2,11(15)16)9-10(14)13-7-5-6-8-13/h3-9H2,1-2H3,(H,15,16). The summed E-state index contributed by atoms with van der Waals surface area (Å²) in [5.41, 5.74) is -0.861. The van der Waals surface area contributed by atoms with E-state index in [2.05, 4.69) is 0 Å². The number of hydrogen-bond donors (Lipinski definition) is 1. The summed E-state index contributed by atoms with van der Waals surface area (Å²) in [5.74, 6) is -0.839. The average molecular weight is 227 g/mol. The van der Waals surface area contributed by atoms with E-state index in [1.54, 1.807) is 4.90 Å². The number of nitrogens with zero attached hydrogens (tertiary/aromatic N) is 1. The number of likely N-dealkylation sites (tertiary alicyclic amines) is 1. The van der Waals surface area contributed by atoms with Gasteiger partial charge in [0.25, 0.3) is 0 Å². The number of aliphatic carboxylic acids is 1. The molecule has 1 aliphatic rings. The highest BCUT2D eigenvalue weighted by Crippen LogP contribution is 2.32. The van der Waals surface area contributed by atoms with Gasteiger partial charge in [0.05, 0.1) is 5.41 Å². The molecule has 0 aliphatic carbocycles. The topological polar surface area (TPSA) is 57.6 Å². The van der Waals surface area contributed by atoms with Crippen LogP contribution in [0.3, 0.4) is 0 Å². The third-order valence-corrected chi connectivity index (χ3v) is 3.76. The normalized spacial score (nSPS) is 16.5. The van der Waals surface area contributed by atoms with Crippen LogP contribution in [0, 0.1) is 5.41 Å². The number of rotatable bonds is 5. The van der Waals surface area contributed by atoms with Crippen LogP contribution in [0.15, 0.2) is 0 Å². The predicted molar refractivity (Wildman–Crippen MR) is 61.1 cm³/mol. The van der Waals surface area contributed by atoms with E-state index < -0.39 is 11.4 Å². The van der Waals surface area contributed by atoms with Gasteiger partial charge in [0, 0.05) is 19.5 Å². The number of hydrogen-bond acceptors (Lipinski definition) is 2. The van der Waals surface area contributed by atoms with Crippen LogP contribution in [0.25, 0.3) is 0 Å². The molecule has 1 heterocycles. The first kappa shape index (κ1) is 13.0. The van der Waals surface area contributed by atoms with Crippen molar-refractivity contribution in [2.75, 3.05) is 13.1 Å². The van der Waals surface area contributed by atoms with Crippen LogP contribution in [-0.2, 0) is 9.59 Å². The first-order valence-electron chi connectivity index (χ1n) is 6.07. The van der Waals surface area contributed by atoms with Crippen LogP contribution < -0.4 is 0 Å². The number of carbonyl (C=O) groups is 2. The lowest BCUT2D eigenvalue weighted by Gasteiger charge is -2.28. The van der Waals surface area contributed by atoms with Crippen LogP contribution in [0.2, 0.25) is 0 Å². The molecule has 1 rings (SSSR count). The van der Waals surface area contributed by atoms with E-state index in [9.17, 15) is 14.7 Å². The predicted octanol–water partition coefficient (Wildman–Crippen LogP) is 1.89. The second kappa shape index (κ2) is 5.32. The van der Waals surface area contributed by atoms with E-state index >= 15 is 0 Å². The minimum Gasteiger partial charge on any atom is -0.481 e. The fraction of sp³-hybridized carbons (Fsp3) is 0.833. The molecule has 92 valence electrons. The molecular weight excluding hydrogens is 206 g/mol. The highest BCUT2D eigenvalue weighted by Gasteiger charge is 2.38. The fourth-order valence-electron chi connectivity index (χ4n) is 2.25. The fourth-order valence-corrected chi connectivity index (χ4v) is 2.25. The molecule has 16 heavy (non-hydrogen) atoms. The SMILES string of the molecule is CCC(CC)(CC(=O)N1CCCC1)C(=O)O. The third-order valence-electron chi connectivity index (χ3n) is 3.76. The summed E-state index contributed by atoms with van der Waals surface area (Å²) in [7, 11) is 0. The van der Waals surface area contributed by atoms with E-state index in [0.29, 0.717) is 12.8 Å². The molecule has 0 radical (unpaired) electrons. The summed E-state index contributed by atoms with van der Waals surface area (Å²) < 4.78 is 0. The lowest BCUT2D eigenvalue weighted by molar-refractivity contribution is -0.154. The molecule has 0 spiro atoms. The Kier molecular flexibility index (Phi) is 4.33. The maximum atomic E-state index is 11.9. The van der Waals surface area contributed by atoms with Crippen molar-refractivity contribution in [1.29, 1.82) is 0 Å². The van der Waals surface area contributed by atoms with Crippen molar-refractivity contribution < 1.29 is 14.7 Å². The van der Waals surface area contributed by atoms with E-state index in [0.717, 1.165) is 25.9 Å².